The van der Waals surface area contributed by atoms with Crippen molar-refractivity contribution in [1.82, 2.24) is 10.2 Å². The van der Waals surface area contributed by atoms with Gasteiger partial charge in [-0.1, -0.05) is 0 Å². The predicted molar refractivity (Wildman–Crippen MR) is 53.3 cm³/mol. The maximum absolute atomic E-state index is 10.8. The molecule has 82 valence electrons. The normalized spacial score (nSPS) is 16.7. The molecule has 1 aliphatic rings. The quantitative estimate of drug-likeness (QED) is 0.733. The third-order valence-electron chi connectivity index (χ3n) is 2.51. The lowest BCUT2D eigenvalue weighted by Crippen LogP contribution is -2.36. The van der Waals surface area contributed by atoms with Gasteiger partial charge in [0.15, 0.2) is 5.82 Å². The van der Waals surface area contributed by atoms with Crippen LogP contribution in [-0.4, -0.2) is 47.6 Å². The lowest BCUT2D eigenvalue weighted by Gasteiger charge is -2.27. The molecule has 2 rings (SSSR count). The van der Waals surface area contributed by atoms with Gasteiger partial charge in [-0.3, -0.25) is 5.10 Å². The van der Waals surface area contributed by atoms with E-state index in [1.165, 1.54) is 0 Å². The molecule has 1 aromatic heterocycles. The maximum Gasteiger partial charge on any atom is 0.354 e. The Morgan fingerprint density at radius 1 is 1.53 bits per heavy atom. The van der Waals surface area contributed by atoms with Crippen LogP contribution in [0.1, 0.15) is 16.1 Å². The van der Waals surface area contributed by atoms with Gasteiger partial charge in [0, 0.05) is 18.7 Å². The van der Waals surface area contributed by atoms with Crippen LogP contribution in [0.5, 0.6) is 0 Å². The highest BCUT2D eigenvalue weighted by Crippen LogP contribution is 2.20. The first-order chi connectivity index (χ1) is 7.20. The SMILES string of the molecule is Cc1c(N2CCOCC2)n[nH]c1C(=O)O. The third-order valence-corrected chi connectivity index (χ3v) is 2.51. The zero-order chi connectivity index (χ0) is 10.8. The Hall–Kier alpha value is -1.56. The molecule has 0 aliphatic carbocycles. The van der Waals surface area contributed by atoms with Gasteiger partial charge in [-0.2, -0.15) is 5.10 Å². The Bertz CT molecular complexity index is 369. The average molecular weight is 211 g/mol. The van der Waals surface area contributed by atoms with Gasteiger partial charge in [0.1, 0.15) is 5.69 Å². The van der Waals surface area contributed by atoms with E-state index in [4.69, 9.17) is 9.84 Å². The summed E-state index contributed by atoms with van der Waals surface area (Å²) in [4.78, 5) is 12.8. The van der Waals surface area contributed by atoms with Gasteiger partial charge in [0.05, 0.1) is 13.2 Å². The van der Waals surface area contributed by atoms with E-state index >= 15 is 0 Å². The van der Waals surface area contributed by atoms with Crippen LogP contribution in [0.15, 0.2) is 0 Å². The molecular formula is C9H13N3O3. The molecule has 1 saturated heterocycles. The standard InChI is InChI=1S/C9H13N3O3/c1-6-7(9(13)14)10-11-8(6)12-2-4-15-5-3-12/h2-5H2,1H3,(H,10,11)(H,13,14). The summed E-state index contributed by atoms with van der Waals surface area (Å²) in [5.74, 6) is -0.254. The Balaban J connectivity index is 2.24. The number of aromatic nitrogens is 2. The third kappa shape index (κ3) is 1.80. The number of carbonyl (C=O) groups is 1. The molecule has 6 heteroatoms. The first-order valence-corrected chi connectivity index (χ1v) is 4.81. The minimum absolute atomic E-state index is 0.163. The van der Waals surface area contributed by atoms with E-state index in [2.05, 4.69) is 10.2 Å². The van der Waals surface area contributed by atoms with Crippen LogP contribution in [0, 0.1) is 6.92 Å². The molecule has 15 heavy (non-hydrogen) atoms. The van der Waals surface area contributed by atoms with Gasteiger partial charge in [-0.05, 0) is 6.92 Å². The summed E-state index contributed by atoms with van der Waals surface area (Å²) in [5, 5.41) is 15.4. The molecule has 1 aromatic rings. The van der Waals surface area contributed by atoms with Crippen molar-refractivity contribution in [3.8, 4) is 0 Å². The number of carboxylic acids is 1. The molecule has 0 bridgehead atoms. The number of carboxylic acid groups (broad SMARTS) is 1. The van der Waals surface area contributed by atoms with Crippen LogP contribution in [0.4, 0.5) is 5.82 Å². The highest BCUT2D eigenvalue weighted by Gasteiger charge is 2.20. The molecule has 0 spiro atoms. The summed E-state index contributed by atoms with van der Waals surface area (Å²) in [5.41, 5.74) is 0.848. The summed E-state index contributed by atoms with van der Waals surface area (Å²) < 4.78 is 5.22. The Kier molecular flexibility index (Phi) is 2.59. The lowest BCUT2D eigenvalue weighted by molar-refractivity contribution is 0.0689. The fourth-order valence-electron chi connectivity index (χ4n) is 1.68. The Morgan fingerprint density at radius 3 is 2.73 bits per heavy atom. The first-order valence-electron chi connectivity index (χ1n) is 4.81. The lowest BCUT2D eigenvalue weighted by atomic mass is 10.2. The molecule has 0 aromatic carbocycles. The smallest absolute Gasteiger partial charge is 0.354 e. The van der Waals surface area contributed by atoms with Crippen molar-refractivity contribution in [1.29, 1.82) is 0 Å². The molecule has 2 N–H and O–H groups in total. The summed E-state index contributed by atoms with van der Waals surface area (Å²) in [7, 11) is 0. The number of anilines is 1. The van der Waals surface area contributed by atoms with Gasteiger partial charge < -0.3 is 14.7 Å². The fraction of sp³-hybridized carbons (Fsp3) is 0.556. The molecule has 0 unspecified atom stereocenters. The van der Waals surface area contributed by atoms with Crippen molar-refractivity contribution in [2.24, 2.45) is 0 Å². The monoisotopic (exact) mass is 211 g/mol. The zero-order valence-electron chi connectivity index (χ0n) is 8.49. The van der Waals surface area contributed by atoms with Crippen LogP contribution in [0.2, 0.25) is 0 Å². The molecule has 0 saturated carbocycles. The van der Waals surface area contributed by atoms with Gasteiger partial charge >= 0.3 is 5.97 Å². The molecule has 1 aliphatic heterocycles. The van der Waals surface area contributed by atoms with Crippen molar-refractivity contribution >= 4 is 11.8 Å². The van der Waals surface area contributed by atoms with Crippen molar-refractivity contribution < 1.29 is 14.6 Å². The van der Waals surface area contributed by atoms with E-state index in [0.717, 1.165) is 18.9 Å². The number of nitrogens with one attached hydrogen (secondary N) is 1. The predicted octanol–water partition coefficient (Wildman–Crippen LogP) is 0.253. The van der Waals surface area contributed by atoms with Crippen molar-refractivity contribution in [3.63, 3.8) is 0 Å². The second-order valence-electron chi connectivity index (χ2n) is 3.45. The molecule has 2 heterocycles. The minimum atomic E-state index is -0.973. The second-order valence-corrected chi connectivity index (χ2v) is 3.45. The minimum Gasteiger partial charge on any atom is -0.477 e. The van der Waals surface area contributed by atoms with Gasteiger partial charge in [-0.25, -0.2) is 4.79 Å². The van der Waals surface area contributed by atoms with E-state index in [0.29, 0.717) is 18.8 Å². The van der Waals surface area contributed by atoms with Gasteiger partial charge in [0.25, 0.3) is 0 Å². The molecule has 6 nitrogen and oxygen atoms in total. The highest BCUT2D eigenvalue weighted by atomic mass is 16.5. The maximum atomic E-state index is 10.8. The number of H-pyrrole nitrogens is 1. The van der Waals surface area contributed by atoms with E-state index in [1.807, 2.05) is 4.90 Å². The highest BCUT2D eigenvalue weighted by molar-refractivity contribution is 5.88. The topological polar surface area (TPSA) is 78.5 Å². The number of hydrogen-bond acceptors (Lipinski definition) is 4. The van der Waals surface area contributed by atoms with E-state index in [1.54, 1.807) is 6.92 Å². The Morgan fingerprint density at radius 2 is 2.20 bits per heavy atom. The summed E-state index contributed by atoms with van der Waals surface area (Å²) in [6.45, 7) is 4.59. The number of nitrogens with zero attached hydrogens (tertiary/aromatic N) is 2. The second kappa shape index (κ2) is 3.90. The van der Waals surface area contributed by atoms with Crippen LogP contribution in [0.25, 0.3) is 0 Å². The number of ether oxygens (including phenoxy) is 1. The number of morpholine rings is 1. The molecule has 0 radical (unpaired) electrons. The van der Waals surface area contributed by atoms with Crippen LogP contribution in [0.3, 0.4) is 0 Å². The summed E-state index contributed by atoms with van der Waals surface area (Å²) in [6, 6.07) is 0. The number of aromatic amines is 1. The molecular weight excluding hydrogens is 198 g/mol. The number of aromatic carboxylic acids is 1. The van der Waals surface area contributed by atoms with Gasteiger partial charge in [0.2, 0.25) is 0 Å². The van der Waals surface area contributed by atoms with Gasteiger partial charge in [-0.15, -0.1) is 0 Å². The summed E-state index contributed by atoms with van der Waals surface area (Å²) >= 11 is 0. The van der Waals surface area contributed by atoms with E-state index < -0.39 is 5.97 Å². The van der Waals surface area contributed by atoms with E-state index in [9.17, 15) is 4.79 Å². The van der Waals surface area contributed by atoms with Crippen LogP contribution >= 0.6 is 0 Å². The number of hydrogen-bond donors (Lipinski definition) is 2. The number of rotatable bonds is 2. The van der Waals surface area contributed by atoms with Crippen LogP contribution < -0.4 is 4.90 Å². The Labute approximate surface area is 86.8 Å². The summed E-state index contributed by atoms with van der Waals surface area (Å²) in [6.07, 6.45) is 0. The van der Waals surface area contributed by atoms with Crippen LogP contribution in [-0.2, 0) is 4.74 Å². The van der Waals surface area contributed by atoms with E-state index in [-0.39, 0.29) is 5.69 Å². The zero-order valence-corrected chi connectivity index (χ0v) is 8.49. The molecule has 1 fully saturated rings. The van der Waals surface area contributed by atoms with Crippen molar-refractivity contribution in [2.75, 3.05) is 31.2 Å². The average Bonchev–Trinajstić information content (AvgIpc) is 2.61. The molecule has 0 atom stereocenters. The largest absolute Gasteiger partial charge is 0.477 e. The van der Waals surface area contributed by atoms with Crippen molar-refractivity contribution in [3.05, 3.63) is 11.3 Å². The molecule has 0 amide bonds. The van der Waals surface area contributed by atoms with Crippen molar-refractivity contribution in [2.45, 2.75) is 6.92 Å². The first kappa shape index (κ1) is 9.97. The fourth-order valence-corrected chi connectivity index (χ4v) is 1.68.